The molecule has 0 bridgehead atoms. The Bertz CT molecular complexity index is 201. The number of rotatable bonds is 4. The third-order valence-electron chi connectivity index (χ3n) is 3.57. The lowest BCUT2D eigenvalue weighted by Gasteiger charge is -2.44. The van der Waals surface area contributed by atoms with Crippen molar-refractivity contribution in [1.82, 2.24) is 10.2 Å². The Labute approximate surface area is 99.6 Å². The van der Waals surface area contributed by atoms with Crippen LogP contribution < -0.4 is 5.32 Å². The molecule has 0 aromatic carbocycles. The second-order valence-corrected chi connectivity index (χ2v) is 5.95. The molecule has 0 amide bonds. The van der Waals surface area contributed by atoms with Crippen LogP contribution in [0.2, 0.25) is 0 Å². The van der Waals surface area contributed by atoms with E-state index in [9.17, 15) is 4.39 Å². The normalized spacial score (nSPS) is 28.3. The lowest BCUT2D eigenvalue weighted by atomic mass is 9.84. The summed E-state index contributed by atoms with van der Waals surface area (Å²) in [5.41, 5.74) is 0.256. The number of hydrogen-bond acceptors (Lipinski definition) is 2. The number of piperazine rings is 1. The lowest BCUT2D eigenvalue weighted by molar-refractivity contribution is 0.0757. The van der Waals surface area contributed by atoms with Crippen LogP contribution in [-0.4, -0.2) is 43.3 Å². The van der Waals surface area contributed by atoms with Crippen LogP contribution in [0.5, 0.6) is 0 Å². The fourth-order valence-electron chi connectivity index (χ4n) is 2.44. The molecular formula is C13H27FN2. The molecule has 16 heavy (non-hydrogen) atoms. The minimum atomic E-state index is -0.225. The monoisotopic (exact) mass is 230 g/mol. The molecule has 1 fully saturated rings. The molecule has 0 spiro atoms. The Morgan fingerprint density at radius 1 is 1.38 bits per heavy atom. The van der Waals surface area contributed by atoms with E-state index >= 15 is 0 Å². The van der Waals surface area contributed by atoms with Crippen LogP contribution in [0.3, 0.4) is 0 Å². The maximum absolute atomic E-state index is 12.6. The average Bonchev–Trinajstić information content (AvgIpc) is 2.19. The van der Waals surface area contributed by atoms with E-state index in [-0.39, 0.29) is 12.1 Å². The standard InChI is InChI=1S/C13H27FN2/c1-5-6-11-9-15-12(13(2,3)4)10-16(11)8-7-14/h11-12,15H,5-10H2,1-4H3. The Morgan fingerprint density at radius 2 is 2.06 bits per heavy atom. The Morgan fingerprint density at radius 3 is 2.56 bits per heavy atom. The predicted molar refractivity (Wildman–Crippen MR) is 67.5 cm³/mol. The van der Waals surface area contributed by atoms with Crippen LogP contribution >= 0.6 is 0 Å². The zero-order valence-corrected chi connectivity index (χ0v) is 11.2. The highest BCUT2D eigenvalue weighted by atomic mass is 19.1. The first kappa shape index (κ1) is 13.9. The van der Waals surface area contributed by atoms with E-state index < -0.39 is 0 Å². The lowest BCUT2D eigenvalue weighted by Crippen LogP contribution is -2.60. The average molecular weight is 230 g/mol. The molecule has 0 aliphatic carbocycles. The van der Waals surface area contributed by atoms with E-state index in [4.69, 9.17) is 0 Å². The zero-order chi connectivity index (χ0) is 12.2. The SMILES string of the molecule is CCCC1CNC(C(C)(C)C)CN1CCF. The second kappa shape index (κ2) is 5.97. The van der Waals surface area contributed by atoms with Crippen molar-refractivity contribution in [2.75, 3.05) is 26.3 Å². The van der Waals surface area contributed by atoms with Gasteiger partial charge in [-0.2, -0.15) is 0 Å². The molecule has 1 rings (SSSR count). The summed E-state index contributed by atoms with van der Waals surface area (Å²) in [7, 11) is 0. The van der Waals surface area contributed by atoms with E-state index in [0.29, 0.717) is 18.6 Å². The van der Waals surface area contributed by atoms with Crippen molar-refractivity contribution >= 4 is 0 Å². The van der Waals surface area contributed by atoms with Gasteiger partial charge in [0.1, 0.15) is 6.67 Å². The molecule has 2 nitrogen and oxygen atoms in total. The summed E-state index contributed by atoms with van der Waals surface area (Å²) in [5.74, 6) is 0. The van der Waals surface area contributed by atoms with E-state index in [1.807, 2.05) is 0 Å². The minimum absolute atomic E-state index is 0.225. The molecule has 1 heterocycles. The highest BCUT2D eigenvalue weighted by Gasteiger charge is 2.33. The van der Waals surface area contributed by atoms with E-state index in [1.54, 1.807) is 0 Å². The van der Waals surface area contributed by atoms with Crippen LogP contribution in [-0.2, 0) is 0 Å². The molecule has 2 atom stereocenters. The smallest absolute Gasteiger partial charge is 0.102 e. The topological polar surface area (TPSA) is 15.3 Å². The molecule has 1 saturated heterocycles. The quantitative estimate of drug-likeness (QED) is 0.798. The van der Waals surface area contributed by atoms with Gasteiger partial charge in [0.15, 0.2) is 0 Å². The number of nitrogens with zero attached hydrogens (tertiary/aromatic N) is 1. The largest absolute Gasteiger partial charge is 0.311 e. The van der Waals surface area contributed by atoms with Gasteiger partial charge in [-0.1, -0.05) is 34.1 Å². The zero-order valence-electron chi connectivity index (χ0n) is 11.2. The predicted octanol–water partition coefficient (Wildman–Crippen LogP) is 2.44. The summed E-state index contributed by atoms with van der Waals surface area (Å²) < 4.78 is 12.6. The Kier molecular flexibility index (Phi) is 5.19. The molecule has 2 unspecified atom stereocenters. The van der Waals surface area contributed by atoms with Gasteiger partial charge in [-0.15, -0.1) is 0 Å². The summed E-state index contributed by atoms with van der Waals surface area (Å²) >= 11 is 0. The molecule has 96 valence electrons. The van der Waals surface area contributed by atoms with Gasteiger partial charge >= 0.3 is 0 Å². The van der Waals surface area contributed by atoms with Crippen molar-refractivity contribution in [3.05, 3.63) is 0 Å². The number of halogens is 1. The Hall–Kier alpha value is -0.150. The van der Waals surface area contributed by atoms with E-state index in [2.05, 4.69) is 37.9 Å². The maximum atomic E-state index is 12.6. The molecule has 1 aliphatic rings. The molecule has 1 N–H and O–H groups in total. The van der Waals surface area contributed by atoms with Crippen LogP contribution in [0, 0.1) is 5.41 Å². The van der Waals surface area contributed by atoms with Crippen LogP contribution in [0.25, 0.3) is 0 Å². The maximum Gasteiger partial charge on any atom is 0.102 e. The van der Waals surface area contributed by atoms with Gasteiger partial charge in [0, 0.05) is 31.7 Å². The summed E-state index contributed by atoms with van der Waals surface area (Å²) in [5, 5.41) is 3.62. The molecule has 3 heteroatoms. The van der Waals surface area contributed by atoms with Crippen LogP contribution in [0.15, 0.2) is 0 Å². The highest BCUT2D eigenvalue weighted by Crippen LogP contribution is 2.24. The van der Waals surface area contributed by atoms with Gasteiger partial charge in [-0.25, -0.2) is 4.39 Å². The van der Waals surface area contributed by atoms with Gasteiger partial charge in [-0.05, 0) is 11.8 Å². The minimum Gasteiger partial charge on any atom is -0.311 e. The first-order valence-electron chi connectivity index (χ1n) is 6.52. The van der Waals surface area contributed by atoms with Crippen molar-refractivity contribution in [2.24, 2.45) is 5.41 Å². The van der Waals surface area contributed by atoms with Gasteiger partial charge in [0.25, 0.3) is 0 Å². The fourth-order valence-corrected chi connectivity index (χ4v) is 2.44. The van der Waals surface area contributed by atoms with Gasteiger partial charge in [-0.3, -0.25) is 4.90 Å². The molecule has 0 radical (unpaired) electrons. The highest BCUT2D eigenvalue weighted by molar-refractivity contribution is 4.91. The van der Waals surface area contributed by atoms with Gasteiger partial charge in [0.05, 0.1) is 0 Å². The molecule has 1 aliphatic heterocycles. The number of hydrogen-bond donors (Lipinski definition) is 1. The van der Waals surface area contributed by atoms with Crippen molar-refractivity contribution in [2.45, 2.75) is 52.6 Å². The van der Waals surface area contributed by atoms with Crippen molar-refractivity contribution < 1.29 is 4.39 Å². The number of alkyl halides is 1. The molecule has 0 saturated carbocycles. The summed E-state index contributed by atoms with van der Waals surface area (Å²) in [6.07, 6.45) is 2.35. The van der Waals surface area contributed by atoms with Crippen molar-refractivity contribution in [3.63, 3.8) is 0 Å². The molecule has 0 aromatic rings. The summed E-state index contributed by atoms with van der Waals surface area (Å²) in [6.45, 7) is 11.3. The summed E-state index contributed by atoms with van der Waals surface area (Å²) in [4.78, 5) is 2.33. The fraction of sp³-hybridized carbons (Fsp3) is 1.00. The molecular weight excluding hydrogens is 203 g/mol. The first-order chi connectivity index (χ1) is 7.49. The van der Waals surface area contributed by atoms with Crippen LogP contribution in [0.1, 0.15) is 40.5 Å². The summed E-state index contributed by atoms with van der Waals surface area (Å²) in [6, 6.07) is 1.01. The third kappa shape index (κ3) is 3.70. The van der Waals surface area contributed by atoms with Crippen molar-refractivity contribution in [3.8, 4) is 0 Å². The van der Waals surface area contributed by atoms with Crippen LogP contribution in [0.4, 0.5) is 4.39 Å². The van der Waals surface area contributed by atoms with E-state index in [1.165, 1.54) is 12.8 Å². The number of nitrogens with one attached hydrogen (secondary N) is 1. The Balaban J connectivity index is 2.57. The second-order valence-electron chi connectivity index (χ2n) is 5.95. The first-order valence-corrected chi connectivity index (χ1v) is 6.52. The van der Waals surface area contributed by atoms with Crippen molar-refractivity contribution in [1.29, 1.82) is 0 Å². The van der Waals surface area contributed by atoms with E-state index in [0.717, 1.165) is 13.1 Å². The molecule has 0 aromatic heterocycles. The third-order valence-corrected chi connectivity index (χ3v) is 3.57. The van der Waals surface area contributed by atoms with Gasteiger partial charge < -0.3 is 5.32 Å². The van der Waals surface area contributed by atoms with Gasteiger partial charge in [0.2, 0.25) is 0 Å².